The number of phenolic OH excluding ortho intramolecular Hbond substituents is 1. The van der Waals surface area contributed by atoms with Gasteiger partial charge in [0.1, 0.15) is 11.5 Å². The maximum absolute atomic E-state index is 12.1. The van der Waals surface area contributed by atoms with Gasteiger partial charge in [-0.05, 0) is 49.8 Å². The highest BCUT2D eigenvalue weighted by molar-refractivity contribution is 5.97. The second kappa shape index (κ2) is 6.35. The molecule has 21 heavy (non-hydrogen) atoms. The number of carbonyl (C=O) groups is 1. The Morgan fingerprint density at radius 3 is 2.71 bits per heavy atom. The molecule has 1 aliphatic rings. The summed E-state index contributed by atoms with van der Waals surface area (Å²) in [6, 6.07) is 4.49. The summed E-state index contributed by atoms with van der Waals surface area (Å²) in [5, 5.41) is 22.9. The number of rotatable bonds is 4. The van der Waals surface area contributed by atoms with Crippen molar-refractivity contribution in [2.24, 2.45) is 5.92 Å². The Hall–Kier alpha value is -1.75. The predicted octanol–water partition coefficient (Wildman–Crippen LogP) is 2.07. The predicted molar refractivity (Wildman–Crippen MR) is 79.6 cm³/mol. The Bertz CT molecular complexity index is 507. The lowest BCUT2D eigenvalue weighted by molar-refractivity contribution is -0.00542. The third kappa shape index (κ3) is 3.88. The average Bonchev–Trinajstić information content (AvgIpc) is 2.49. The van der Waals surface area contributed by atoms with Crippen molar-refractivity contribution in [1.29, 1.82) is 0 Å². The normalized spacial score (nSPS) is 25.4. The van der Waals surface area contributed by atoms with Crippen molar-refractivity contribution in [2.45, 2.75) is 38.2 Å². The number of amides is 1. The van der Waals surface area contributed by atoms with Crippen molar-refractivity contribution < 1.29 is 19.7 Å². The van der Waals surface area contributed by atoms with Crippen LogP contribution in [0.15, 0.2) is 18.2 Å². The van der Waals surface area contributed by atoms with Gasteiger partial charge < -0.3 is 20.3 Å². The number of aromatic hydroxyl groups is 1. The minimum absolute atomic E-state index is 0.0995. The number of hydrogen-bond acceptors (Lipinski definition) is 4. The first-order valence-electron chi connectivity index (χ1n) is 7.31. The van der Waals surface area contributed by atoms with Crippen molar-refractivity contribution >= 4 is 5.91 Å². The summed E-state index contributed by atoms with van der Waals surface area (Å²) in [5.74, 6) is 0.627. The third-order valence-corrected chi connectivity index (χ3v) is 4.23. The molecule has 0 bridgehead atoms. The van der Waals surface area contributed by atoms with Gasteiger partial charge >= 0.3 is 0 Å². The summed E-state index contributed by atoms with van der Waals surface area (Å²) in [4.78, 5) is 12.1. The third-order valence-electron chi connectivity index (χ3n) is 4.23. The Kier molecular flexibility index (Phi) is 4.73. The van der Waals surface area contributed by atoms with Crippen LogP contribution in [0.25, 0.3) is 0 Å². The molecule has 0 aliphatic heterocycles. The van der Waals surface area contributed by atoms with Gasteiger partial charge in [-0.1, -0.05) is 6.92 Å². The molecule has 0 saturated heterocycles. The molecule has 1 amide bonds. The van der Waals surface area contributed by atoms with Gasteiger partial charge in [-0.15, -0.1) is 0 Å². The fourth-order valence-corrected chi connectivity index (χ4v) is 2.64. The minimum atomic E-state index is -0.837. The van der Waals surface area contributed by atoms with E-state index in [0.29, 0.717) is 24.5 Å². The van der Waals surface area contributed by atoms with Crippen LogP contribution in [0.3, 0.4) is 0 Å². The number of carbonyl (C=O) groups excluding carboxylic acids is 1. The lowest BCUT2D eigenvalue weighted by Crippen LogP contribution is -2.45. The van der Waals surface area contributed by atoms with E-state index in [1.807, 2.05) is 0 Å². The molecule has 1 aromatic carbocycles. The van der Waals surface area contributed by atoms with Gasteiger partial charge in [0.05, 0.1) is 18.3 Å². The highest BCUT2D eigenvalue weighted by atomic mass is 16.5. The zero-order valence-electron chi connectivity index (χ0n) is 12.6. The van der Waals surface area contributed by atoms with Crippen molar-refractivity contribution in [3.05, 3.63) is 23.8 Å². The number of aliphatic hydroxyl groups is 1. The topological polar surface area (TPSA) is 78.8 Å². The van der Waals surface area contributed by atoms with E-state index in [4.69, 9.17) is 4.74 Å². The van der Waals surface area contributed by atoms with Crippen LogP contribution in [-0.2, 0) is 0 Å². The smallest absolute Gasteiger partial charge is 0.255 e. The second-order valence-electron chi connectivity index (χ2n) is 5.97. The van der Waals surface area contributed by atoms with E-state index in [0.717, 1.165) is 12.8 Å². The monoisotopic (exact) mass is 293 g/mol. The van der Waals surface area contributed by atoms with Gasteiger partial charge in [-0.3, -0.25) is 4.79 Å². The van der Waals surface area contributed by atoms with Crippen molar-refractivity contribution in [3.63, 3.8) is 0 Å². The maximum Gasteiger partial charge on any atom is 0.255 e. The number of ether oxygens (including phenoxy) is 1. The molecule has 1 aromatic rings. The molecule has 0 heterocycles. The SMILES string of the molecule is COc1ccc(O)c(C(=O)NCC2(O)CCC(C)CC2)c1. The highest BCUT2D eigenvalue weighted by Crippen LogP contribution is 2.31. The Morgan fingerprint density at radius 2 is 2.10 bits per heavy atom. The van der Waals surface area contributed by atoms with Crippen LogP contribution in [0, 0.1) is 5.92 Å². The summed E-state index contributed by atoms with van der Waals surface area (Å²) < 4.78 is 5.05. The fourth-order valence-electron chi connectivity index (χ4n) is 2.64. The molecular formula is C16H23NO4. The molecule has 3 N–H and O–H groups in total. The molecule has 0 spiro atoms. The van der Waals surface area contributed by atoms with E-state index in [9.17, 15) is 15.0 Å². The van der Waals surface area contributed by atoms with E-state index >= 15 is 0 Å². The Labute approximate surface area is 124 Å². The summed E-state index contributed by atoms with van der Waals surface area (Å²) in [6.07, 6.45) is 3.32. The van der Waals surface area contributed by atoms with Crippen molar-refractivity contribution in [3.8, 4) is 11.5 Å². The molecule has 1 aliphatic carbocycles. The van der Waals surface area contributed by atoms with E-state index in [1.54, 1.807) is 6.07 Å². The van der Waals surface area contributed by atoms with Crippen LogP contribution in [0.1, 0.15) is 43.0 Å². The molecule has 116 valence electrons. The first kappa shape index (κ1) is 15.6. The largest absolute Gasteiger partial charge is 0.507 e. The van der Waals surface area contributed by atoms with E-state index in [1.165, 1.54) is 19.2 Å². The fraction of sp³-hybridized carbons (Fsp3) is 0.562. The van der Waals surface area contributed by atoms with Crippen LogP contribution < -0.4 is 10.1 Å². The number of phenols is 1. The first-order valence-corrected chi connectivity index (χ1v) is 7.31. The maximum atomic E-state index is 12.1. The summed E-state index contributed by atoms with van der Waals surface area (Å²) in [6.45, 7) is 2.38. The molecule has 0 unspecified atom stereocenters. The molecule has 0 atom stereocenters. The van der Waals surface area contributed by atoms with E-state index in [-0.39, 0.29) is 17.9 Å². The molecular weight excluding hydrogens is 270 g/mol. The quantitative estimate of drug-likeness (QED) is 0.794. The van der Waals surface area contributed by atoms with Crippen LogP contribution >= 0.6 is 0 Å². The van der Waals surface area contributed by atoms with Crippen molar-refractivity contribution in [2.75, 3.05) is 13.7 Å². The molecule has 1 saturated carbocycles. The summed E-state index contributed by atoms with van der Waals surface area (Å²) in [7, 11) is 1.50. The molecule has 5 nitrogen and oxygen atoms in total. The summed E-state index contributed by atoms with van der Waals surface area (Å²) >= 11 is 0. The van der Waals surface area contributed by atoms with Crippen LogP contribution in [0.4, 0.5) is 0 Å². The first-order chi connectivity index (χ1) is 9.93. The van der Waals surface area contributed by atoms with E-state index in [2.05, 4.69) is 12.2 Å². The van der Waals surface area contributed by atoms with Gasteiger partial charge in [-0.25, -0.2) is 0 Å². The second-order valence-corrected chi connectivity index (χ2v) is 5.97. The lowest BCUT2D eigenvalue weighted by Gasteiger charge is -2.34. The molecule has 2 rings (SSSR count). The molecule has 0 radical (unpaired) electrons. The zero-order chi connectivity index (χ0) is 15.5. The van der Waals surface area contributed by atoms with Crippen molar-refractivity contribution in [1.82, 2.24) is 5.32 Å². The average molecular weight is 293 g/mol. The van der Waals surface area contributed by atoms with Crippen LogP contribution in [0.5, 0.6) is 11.5 Å². The van der Waals surface area contributed by atoms with Gasteiger partial charge in [0.15, 0.2) is 0 Å². The van der Waals surface area contributed by atoms with Crippen LogP contribution in [-0.4, -0.2) is 35.4 Å². The van der Waals surface area contributed by atoms with Crippen LogP contribution in [0.2, 0.25) is 0 Å². The Morgan fingerprint density at radius 1 is 1.43 bits per heavy atom. The van der Waals surface area contributed by atoms with E-state index < -0.39 is 11.5 Å². The standard InChI is InChI=1S/C16H23NO4/c1-11-5-7-16(20,8-6-11)10-17-15(19)13-9-12(21-2)3-4-14(13)18/h3-4,9,11,18,20H,5-8,10H2,1-2H3,(H,17,19). The molecule has 5 heteroatoms. The van der Waals surface area contributed by atoms with Gasteiger partial charge in [0.25, 0.3) is 5.91 Å². The van der Waals surface area contributed by atoms with Gasteiger partial charge in [0.2, 0.25) is 0 Å². The lowest BCUT2D eigenvalue weighted by atomic mass is 9.79. The number of benzene rings is 1. The zero-order valence-corrected chi connectivity index (χ0v) is 12.6. The Balaban J connectivity index is 1.98. The number of nitrogens with one attached hydrogen (secondary N) is 1. The molecule has 1 fully saturated rings. The number of methoxy groups -OCH3 is 1. The highest BCUT2D eigenvalue weighted by Gasteiger charge is 2.32. The minimum Gasteiger partial charge on any atom is -0.507 e. The molecule has 0 aromatic heterocycles. The van der Waals surface area contributed by atoms with Gasteiger partial charge in [-0.2, -0.15) is 0 Å². The summed E-state index contributed by atoms with van der Waals surface area (Å²) in [5.41, 5.74) is -0.682. The number of hydrogen-bond donors (Lipinski definition) is 3. The van der Waals surface area contributed by atoms with Gasteiger partial charge in [0, 0.05) is 6.54 Å².